The van der Waals surface area contributed by atoms with Crippen LogP contribution in [0.25, 0.3) is 0 Å². The lowest BCUT2D eigenvalue weighted by molar-refractivity contribution is -0.134. The second-order valence-electron chi connectivity index (χ2n) is 7.94. The van der Waals surface area contributed by atoms with E-state index in [0.717, 1.165) is 11.3 Å². The second kappa shape index (κ2) is 11.3. The quantitative estimate of drug-likeness (QED) is 0.484. The number of Topliss-reactive ketones (excluding diaryl/α,β-unsaturated/α-hetero) is 1. The fraction of sp³-hybridized carbons (Fsp3) is 0.320. The third-order valence-electron chi connectivity index (χ3n) is 5.24. The van der Waals surface area contributed by atoms with Gasteiger partial charge in [-0.25, -0.2) is 4.98 Å². The number of benzene rings is 1. The van der Waals surface area contributed by atoms with Gasteiger partial charge in [-0.15, -0.1) is 0 Å². The number of rotatable bonds is 9. The van der Waals surface area contributed by atoms with Crippen LogP contribution in [0, 0.1) is 6.92 Å². The van der Waals surface area contributed by atoms with Crippen molar-refractivity contribution in [1.82, 2.24) is 15.0 Å². The van der Waals surface area contributed by atoms with Gasteiger partial charge in [0.1, 0.15) is 0 Å². The van der Waals surface area contributed by atoms with E-state index in [1.165, 1.54) is 0 Å². The Morgan fingerprint density at radius 1 is 1.06 bits per heavy atom. The number of hydrogen-bond acceptors (Lipinski definition) is 8. The van der Waals surface area contributed by atoms with Crippen LogP contribution in [0.4, 0.5) is 11.6 Å². The zero-order chi connectivity index (χ0) is 23.8. The van der Waals surface area contributed by atoms with Crippen LogP contribution in [0.3, 0.4) is 0 Å². The lowest BCUT2D eigenvalue weighted by Crippen LogP contribution is -2.37. The number of anilines is 2. The number of pyridine rings is 1. The fourth-order valence-corrected chi connectivity index (χ4v) is 3.50. The second-order valence-corrected chi connectivity index (χ2v) is 7.94. The molecule has 3 heterocycles. The van der Waals surface area contributed by atoms with Crippen LogP contribution in [-0.4, -0.2) is 59.6 Å². The summed E-state index contributed by atoms with van der Waals surface area (Å²) < 4.78 is 11.3. The molecule has 1 N–H and O–H groups in total. The van der Waals surface area contributed by atoms with Gasteiger partial charge in [0.25, 0.3) is 5.91 Å². The van der Waals surface area contributed by atoms with Gasteiger partial charge in [-0.05, 0) is 36.8 Å². The van der Waals surface area contributed by atoms with Gasteiger partial charge >= 0.3 is 0 Å². The van der Waals surface area contributed by atoms with E-state index < -0.39 is 11.7 Å². The van der Waals surface area contributed by atoms with E-state index in [4.69, 9.17) is 9.47 Å². The summed E-state index contributed by atoms with van der Waals surface area (Å²) in [5, 5.41) is 2.65. The normalized spacial score (nSPS) is 13.4. The first-order chi connectivity index (χ1) is 16.6. The minimum absolute atomic E-state index is 0.159. The Morgan fingerprint density at radius 3 is 2.68 bits per heavy atom. The molecule has 0 saturated carbocycles. The van der Waals surface area contributed by atoms with Crippen LogP contribution in [-0.2, 0) is 27.2 Å². The molecule has 0 unspecified atom stereocenters. The highest BCUT2D eigenvalue weighted by atomic mass is 16.5. The molecule has 0 bridgehead atoms. The number of amides is 1. The maximum absolute atomic E-state index is 12.6. The van der Waals surface area contributed by atoms with Crippen molar-refractivity contribution in [3.8, 4) is 5.88 Å². The molecule has 9 heteroatoms. The SMILES string of the molecule is Cc1cccc(NC(=O)C(=O)Cc2cc(OCCc3ccccn3)nc(N3CCOCC3)n2)c1. The predicted molar refractivity (Wildman–Crippen MR) is 127 cm³/mol. The highest BCUT2D eigenvalue weighted by Gasteiger charge is 2.20. The maximum Gasteiger partial charge on any atom is 0.292 e. The first-order valence-electron chi connectivity index (χ1n) is 11.2. The van der Waals surface area contributed by atoms with Crippen molar-refractivity contribution < 1.29 is 19.1 Å². The molecule has 1 aliphatic heterocycles. The van der Waals surface area contributed by atoms with Gasteiger partial charge in [-0.1, -0.05) is 18.2 Å². The van der Waals surface area contributed by atoms with Crippen LogP contribution >= 0.6 is 0 Å². The molecule has 1 saturated heterocycles. The van der Waals surface area contributed by atoms with E-state index in [-0.39, 0.29) is 6.42 Å². The summed E-state index contributed by atoms with van der Waals surface area (Å²) in [5.41, 5.74) is 2.90. The predicted octanol–water partition coefficient (Wildman–Crippen LogP) is 2.39. The molecule has 1 aromatic carbocycles. The van der Waals surface area contributed by atoms with Crippen molar-refractivity contribution in [2.45, 2.75) is 19.8 Å². The first kappa shape index (κ1) is 23.3. The molecule has 1 aliphatic rings. The molecule has 2 aromatic heterocycles. The van der Waals surface area contributed by atoms with Crippen LogP contribution < -0.4 is 15.0 Å². The molecule has 0 radical (unpaired) electrons. The number of morpholine rings is 1. The number of aryl methyl sites for hydroxylation is 1. The average Bonchev–Trinajstić information content (AvgIpc) is 2.85. The van der Waals surface area contributed by atoms with E-state index in [9.17, 15) is 9.59 Å². The Labute approximate surface area is 198 Å². The van der Waals surface area contributed by atoms with E-state index in [1.807, 2.05) is 42.2 Å². The van der Waals surface area contributed by atoms with Gasteiger partial charge in [-0.2, -0.15) is 4.98 Å². The van der Waals surface area contributed by atoms with Gasteiger partial charge in [0.15, 0.2) is 0 Å². The lowest BCUT2D eigenvalue weighted by Gasteiger charge is -2.27. The summed E-state index contributed by atoms with van der Waals surface area (Å²) in [6, 6.07) is 14.6. The molecule has 3 aromatic rings. The summed E-state index contributed by atoms with van der Waals surface area (Å²) in [5.74, 6) is -0.461. The molecule has 34 heavy (non-hydrogen) atoms. The molecule has 1 amide bonds. The summed E-state index contributed by atoms with van der Waals surface area (Å²) in [6.07, 6.45) is 2.20. The van der Waals surface area contributed by atoms with Crippen LogP contribution in [0.2, 0.25) is 0 Å². The smallest absolute Gasteiger partial charge is 0.292 e. The number of ketones is 1. The highest BCUT2D eigenvalue weighted by molar-refractivity contribution is 6.41. The zero-order valence-electron chi connectivity index (χ0n) is 19.1. The van der Waals surface area contributed by atoms with Crippen molar-refractivity contribution in [1.29, 1.82) is 0 Å². The third-order valence-corrected chi connectivity index (χ3v) is 5.24. The van der Waals surface area contributed by atoms with E-state index >= 15 is 0 Å². The van der Waals surface area contributed by atoms with Crippen molar-refractivity contribution >= 4 is 23.3 Å². The average molecular weight is 462 g/mol. The molecule has 0 spiro atoms. The van der Waals surface area contributed by atoms with Gasteiger partial charge in [0, 0.05) is 43.2 Å². The number of ether oxygens (including phenoxy) is 2. The van der Waals surface area contributed by atoms with Crippen molar-refractivity contribution in [3.63, 3.8) is 0 Å². The number of hydrogen-bond donors (Lipinski definition) is 1. The molecule has 9 nitrogen and oxygen atoms in total. The Balaban J connectivity index is 1.46. The first-order valence-corrected chi connectivity index (χ1v) is 11.2. The lowest BCUT2D eigenvalue weighted by atomic mass is 10.2. The van der Waals surface area contributed by atoms with Crippen molar-refractivity contribution in [2.75, 3.05) is 43.1 Å². The minimum Gasteiger partial charge on any atom is -0.477 e. The number of carbonyl (C=O) groups is 2. The topological polar surface area (TPSA) is 107 Å². The molecule has 0 atom stereocenters. The summed E-state index contributed by atoms with van der Waals surface area (Å²) in [6.45, 7) is 4.71. The number of nitrogens with zero attached hydrogens (tertiary/aromatic N) is 4. The Morgan fingerprint density at radius 2 is 1.91 bits per heavy atom. The molecule has 1 fully saturated rings. The summed E-state index contributed by atoms with van der Waals surface area (Å²) in [7, 11) is 0. The van der Waals surface area contributed by atoms with Crippen molar-refractivity contribution in [2.24, 2.45) is 0 Å². The molecular formula is C25H27N5O4. The van der Waals surface area contributed by atoms with E-state index in [0.29, 0.717) is 62.5 Å². The van der Waals surface area contributed by atoms with Crippen LogP contribution in [0.5, 0.6) is 5.88 Å². The molecule has 0 aliphatic carbocycles. The van der Waals surface area contributed by atoms with Crippen LogP contribution in [0.1, 0.15) is 17.0 Å². The Hall–Kier alpha value is -3.85. The minimum atomic E-state index is -0.685. The van der Waals surface area contributed by atoms with E-state index in [1.54, 1.807) is 24.4 Å². The maximum atomic E-state index is 12.6. The van der Waals surface area contributed by atoms with Crippen LogP contribution in [0.15, 0.2) is 54.7 Å². The summed E-state index contributed by atoms with van der Waals surface area (Å²) >= 11 is 0. The van der Waals surface area contributed by atoms with E-state index in [2.05, 4.69) is 20.3 Å². The van der Waals surface area contributed by atoms with Gasteiger partial charge in [0.2, 0.25) is 17.6 Å². The highest BCUT2D eigenvalue weighted by Crippen LogP contribution is 2.18. The number of nitrogens with one attached hydrogen (secondary N) is 1. The number of aromatic nitrogens is 3. The zero-order valence-corrected chi connectivity index (χ0v) is 19.1. The van der Waals surface area contributed by atoms with Gasteiger partial charge < -0.3 is 19.7 Å². The third kappa shape index (κ3) is 6.58. The monoisotopic (exact) mass is 461 g/mol. The van der Waals surface area contributed by atoms with Gasteiger partial charge in [0.05, 0.1) is 31.9 Å². The Bertz CT molecular complexity index is 1130. The standard InChI is InChI=1S/C25H27N5O4/c1-18-5-4-7-20(15-18)27-24(32)22(31)16-21-17-23(34-12-8-19-6-2-3-9-26-19)29-25(28-21)30-10-13-33-14-11-30/h2-7,9,15,17H,8,10-14,16H2,1H3,(H,27,32). The molecule has 176 valence electrons. The van der Waals surface area contributed by atoms with Crippen molar-refractivity contribution in [3.05, 3.63) is 71.7 Å². The molecular weight excluding hydrogens is 434 g/mol. The Kier molecular flexibility index (Phi) is 7.77. The van der Waals surface area contributed by atoms with Gasteiger partial charge in [-0.3, -0.25) is 14.6 Å². The largest absolute Gasteiger partial charge is 0.477 e. The number of carbonyl (C=O) groups excluding carboxylic acids is 2. The molecule has 4 rings (SSSR count). The fourth-order valence-electron chi connectivity index (χ4n) is 3.50. The summed E-state index contributed by atoms with van der Waals surface area (Å²) in [4.78, 5) is 40.4.